The molecule has 0 atom stereocenters. The molecule has 1 aromatic carbocycles. The molecule has 0 radical (unpaired) electrons. The molecular formula is C21H35N3O. The summed E-state index contributed by atoms with van der Waals surface area (Å²) in [5.41, 5.74) is 2.44. The van der Waals surface area contributed by atoms with E-state index in [1.807, 2.05) is 0 Å². The minimum Gasteiger partial charge on any atom is -0.507 e. The summed E-state index contributed by atoms with van der Waals surface area (Å²) in [5.74, 6) is 0.491. The first kappa shape index (κ1) is 18.7. The summed E-state index contributed by atoms with van der Waals surface area (Å²) >= 11 is 0. The highest BCUT2D eigenvalue weighted by atomic mass is 16.3. The third-order valence-electron chi connectivity index (χ3n) is 6.30. The van der Waals surface area contributed by atoms with Crippen molar-refractivity contribution in [1.82, 2.24) is 14.7 Å². The number of phenolic OH excluding ortho intramolecular Hbond substituents is 1. The topological polar surface area (TPSA) is 30.0 Å². The smallest absolute Gasteiger partial charge is 0.123 e. The van der Waals surface area contributed by atoms with Gasteiger partial charge in [-0.15, -0.1) is 0 Å². The van der Waals surface area contributed by atoms with Crippen LogP contribution >= 0.6 is 0 Å². The number of benzene rings is 1. The Hall–Kier alpha value is -1.10. The summed E-state index contributed by atoms with van der Waals surface area (Å²) in [6.07, 6.45) is 2.43. The molecule has 0 bridgehead atoms. The third kappa shape index (κ3) is 3.86. The van der Waals surface area contributed by atoms with Crippen LogP contribution in [0, 0.1) is 0 Å². The molecule has 0 saturated carbocycles. The quantitative estimate of drug-likeness (QED) is 0.893. The molecule has 2 fully saturated rings. The maximum Gasteiger partial charge on any atom is 0.123 e. The van der Waals surface area contributed by atoms with Crippen LogP contribution < -0.4 is 0 Å². The number of hydrogen-bond acceptors (Lipinski definition) is 4. The van der Waals surface area contributed by atoms with Crippen LogP contribution in [0.3, 0.4) is 0 Å². The Morgan fingerprint density at radius 3 is 2.36 bits per heavy atom. The number of likely N-dealkylation sites (tertiary alicyclic amines) is 1. The Morgan fingerprint density at radius 1 is 1.04 bits per heavy atom. The molecular weight excluding hydrogens is 310 g/mol. The van der Waals surface area contributed by atoms with Crippen molar-refractivity contribution < 1.29 is 5.11 Å². The number of para-hydroxylation sites is 1. The number of piperidine rings is 1. The van der Waals surface area contributed by atoms with E-state index in [0.717, 1.165) is 30.8 Å². The number of aromatic hydroxyl groups is 1. The third-order valence-corrected chi connectivity index (χ3v) is 6.30. The molecule has 4 nitrogen and oxygen atoms in total. The second-order valence-corrected chi connectivity index (χ2v) is 9.22. The first-order valence-electron chi connectivity index (χ1n) is 9.65. The minimum atomic E-state index is -0.0263. The largest absolute Gasteiger partial charge is 0.507 e. The molecule has 0 unspecified atom stereocenters. The summed E-state index contributed by atoms with van der Waals surface area (Å²) in [4.78, 5) is 7.57. The van der Waals surface area contributed by atoms with Crippen molar-refractivity contribution in [2.45, 2.75) is 51.1 Å². The van der Waals surface area contributed by atoms with Crippen molar-refractivity contribution in [1.29, 1.82) is 0 Å². The lowest BCUT2D eigenvalue weighted by atomic mass is 9.83. The predicted octanol–water partition coefficient (Wildman–Crippen LogP) is 2.90. The Bertz CT molecular complexity index is 600. The molecule has 0 amide bonds. The zero-order chi connectivity index (χ0) is 18.2. The van der Waals surface area contributed by atoms with Gasteiger partial charge in [-0.3, -0.25) is 9.80 Å². The van der Waals surface area contributed by atoms with Gasteiger partial charge in [0.1, 0.15) is 5.75 Å². The second-order valence-electron chi connectivity index (χ2n) is 9.22. The van der Waals surface area contributed by atoms with Crippen molar-refractivity contribution in [3.05, 3.63) is 29.3 Å². The van der Waals surface area contributed by atoms with E-state index in [2.05, 4.69) is 67.8 Å². The molecule has 140 valence electrons. The van der Waals surface area contributed by atoms with Gasteiger partial charge in [0.2, 0.25) is 0 Å². The van der Waals surface area contributed by atoms with Crippen LogP contribution in [0.25, 0.3) is 0 Å². The van der Waals surface area contributed by atoms with Crippen LogP contribution in [0.2, 0.25) is 0 Å². The van der Waals surface area contributed by atoms with Gasteiger partial charge < -0.3 is 10.0 Å². The Balaban J connectivity index is 1.67. The van der Waals surface area contributed by atoms with E-state index in [1.165, 1.54) is 32.5 Å². The minimum absolute atomic E-state index is 0.0263. The van der Waals surface area contributed by atoms with E-state index >= 15 is 0 Å². The first-order chi connectivity index (χ1) is 11.7. The standard InChI is InChI=1S/C21H35N3O/c1-20(2,3)18-8-6-7-17(19(18)25)15-24-11-9-21(10-12-24)16-22(4)13-14-23(21)5/h6-8,25H,9-16H2,1-5H3. The summed E-state index contributed by atoms with van der Waals surface area (Å²) in [5, 5.41) is 10.7. The van der Waals surface area contributed by atoms with Crippen molar-refractivity contribution in [2.24, 2.45) is 0 Å². The van der Waals surface area contributed by atoms with Gasteiger partial charge >= 0.3 is 0 Å². The molecule has 2 aliphatic heterocycles. The van der Waals surface area contributed by atoms with Gasteiger partial charge in [-0.2, -0.15) is 0 Å². The van der Waals surface area contributed by atoms with Gasteiger partial charge in [0.15, 0.2) is 0 Å². The average molecular weight is 346 g/mol. The van der Waals surface area contributed by atoms with Gasteiger partial charge in [0.25, 0.3) is 0 Å². The van der Waals surface area contributed by atoms with Gasteiger partial charge in [0, 0.05) is 50.4 Å². The van der Waals surface area contributed by atoms with Crippen molar-refractivity contribution in [3.63, 3.8) is 0 Å². The molecule has 1 N–H and O–H groups in total. The van der Waals surface area contributed by atoms with Crippen LogP contribution in [0.4, 0.5) is 0 Å². The summed E-state index contributed by atoms with van der Waals surface area (Å²) in [6.45, 7) is 13.1. The van der Waals surface area contributed by atoms with Crippen LogP contribution in [-0.2, 0) is 12.0 Å². The predicted molar refractivity (Wildman–Crippen MR) is 104 cm³/mol. The number of likely N-dealkylation sites (N-methyl/N-ethyl adjacent to an activating group) is 2. The fourth-order valence-corrected chi connectivity index (χ4v) is 4.49. The van der Waals surface area contributed by atoms with Crippen LogP contribution in [0.5, 0.6) is 5.75 Å². The first-order valence-corrected chi connectivity index (χ1v) is 9.65. The molecule has 1 aromatic rings. The van der Waals surface area contributed by atoms with Crippen molar-refractivity contribution >= 4 is 0 Å². The SMILES string of the molecule is CN1CCN(C)C2(CCN(Cc3cccc(C(C)(C)C)c3O)CC2)C1. The van der Waals surface area contributed by atoms with Crippen LogP contribution in [0.15, 0.2) is 18.2 Å². The normalized spacial score (nSPS) is 23.2. The van der Waals surface area contributed by atoms with E-state index in [0.29, 0.717) is 11.3 Å². The average Bonchev–Trinajstić information content (AvgIpc) is 2.54. The van der Waals surface area contributed by atoms with E-state index < -0.39 is 0 Å². The lowest BCUT2D eigenvalue weighted by Gasteiger charge is -2.52. The number of piperazine rings is 1. The van der Waals surface area contributed by atoms with Crippen LogP contribution in [0.1, 0.15) is 44.7 Å². The monoisotopic (exact) mass is 345 g/mol. The molecule has 1 spiro atoms. The summed E-state index contributed by atoms with van der Waals surface area (Å²) < 4.78 is 0. The van der Waals surface area contributed by atoms with E-state index in [1.54, 1.807) is 0 Å². The molecule has 2 heterocycles. The highest BCUT2D eigenvalue weighted by Crippen LogP contribution is 2.35. The Labute approximate surface area is 153 Å². The maximum atomic E-state index is 10.7. The van der Waals surface area contributed by atoms with Gasteiger partial charge in [-0.1, -0.05) is 39.0 Å². The number of nitrogens with zero attached hydrogens (tertiary/aromatic N) is 3. The van der Waals surface area contributed by atoms with Gasteiger partial charge in [-0.05, 0) is 37.9 Å². The summed E-state index contributed by atoms with van der Waals surface area (Å²) in [7, 11) is 4.54. The molecule has 25 heavy (non-hydrogen) atoms. The second kappa shape index (κ2) is 6.90. The molecule has 2 aliphatic rings. The highest BCUT2D eigenvalue weighted by Gasteiger charge is 2.41. The molecule has 4 heteroatoms. The van der Waals surface area contributed by atoms with Gasteiger partial charge in [-0.25, -0.2) is 0 Å². The zero-order valence-electron chi connectivity index (χ0n) is 16.7. The lowest BCUT2D eigenvalue weighted by Crippen LogP contribution is -2.63. The number of phenols is 1. The van der Waals surface area contributed by atoms with Crippen molar-refractivity contribution in [2.75, 3.05) is 46.8 Å². The maximum absolute atomic E-state index is 10.7. The molecule has 3 rings (SSSR count). The Morgan fingerprint density at radius 2 is 1.72 bits per heavy atom. The Kier molecular flexibility index (Phi) is 5.16. The molecule has 2 saturated heterocycles. The molecule has 0 aliphatic carbocycles. The molecule has 0 aromatic heterocycles. The number of rotatable bonds is 2. The van der Waals surface area contributed by atoms with E-state index in [9.17, 15) is 5.11 Å². The summed E-state index contributed by atoms with van der Waals surface area (Å²) in [6, 6.07) is 6.22. The van der Waals surface area contributed by atoms with Crippen LogP contribution in [-0.4, -0.2) is 72.2 Å². The highest BCUT2D eigenvalue weighted by molar-refractivity contribution is 5.44. The van der Waals surface area contributed by atoms with E-state index in [4.69, 9.17) is 0 Å². The lowest BCUT2D eigenvalue weighted by molar-refractivity contribution is -0.0206. The fraction of sp³-hybridized carbons (Fsp3) is 0.714. The van der Waals surface area contributed by atoms with Gasteiger partial charge in [0.05, 0.1) is 0 Å². The van der Waals surface area contributed by atoms with E-state index in [-0.39, 0.29) is 5.41 Å². The van der Waals surface area contributed by atoms with Crippen molar-refractivity contribution in [3.8, 4) is 5.75 Å². The fourth-order valence-electron chi connectivity index (χ4n) is 4.49. The number of hydrogen-bond donors (Lipinski definition) is 1. The zero-order valence-corrected chi connectivity index (χ0v) is 16.7.